The molecule has 9 nitrogen and oxygen atoms in total. The molecule has 0 unspecified atom stereocenters. The minimum Gasteiger partial charge on any atom is -0.361 e. The molecule has 0 aliphatic carbocycles. The van der Waals surface area contributed by atoms with Crippen molar-refractivity contribution in [1.29, 1.82) is 0 Å². The van der Waals surface area contributed by atoms with E-state index in [0.29, 0.717) is 23.5 Å². The Morgan fingerprint density at radius 3 is 2.18 bits per heavy atom. The summed E-state index contributed by atoms with van der Waals surface area (Å²) >= 11 is 0. The summed E-state index contributed by atoms with van der Waals surface area (Å²) in [5.74, 6) is 1.77. The first-order chi connectivity index (χ1) is 10.4. The Kier molecular flexibility index (Phi) is 4.54. The second kappa shape index (κ2) is 6.37. The molecule has 0 bridgehead atoms. The van der Waals surface area contributed by atoms with Crippen LogP contribution in [-0.4, -0.2) is 54.2 Å². The molecule has 0 aliphatic rings. The highest BCUT2D eigenvalue weighted by Crippen LogP contribution is 2.10. The summed E-state index contributed by atoms with van der Waals surface area (Å²) in [6.07, 6.45) is 0. The number of hydrogen-bond acceptors (Lipinski definition) is 8. The van der Waals surface area contributed by atoms with E-state index in [1.54, 1.807) is 22.8 Å². The van der Waals surface area contributed by atoms with Gasteiger partial charge in [0.25, 0.3) is 5.91 Å². The molecule has 1 N–H and O–H groups in total. The fourth-order valence-corrected chi connectivity index (χ4v) is 1.60. The number of carbonyl (C=O) groups is 1. The minimum atomic E-state index is -0.338. The Morgan fingerprint density at radius 1 is 1.14 bits per heavy atom. The van der Waals surface area contributed by atoms with Gasteiger partial charge >= 0.3 is 0 Å². The van der Waals surface area contributed by atoms with Gasteiger partial charge in [0.2, 0.25) is 11.9 Å². The topological polar surface area (TPSA) is 100 Å². The van der Waals surface area contributed by atoms with Gasteiger partial charge in [-0.25, -0.2) is 0 Å². The van der Waals surface area contributed by atoms with Crippen molar-refractivity contribution in [3.05, 3.63) is 23.3 Å². The average molecular weight is 305 g/mol. The van der Waals surface area contributed by atoms with Crippen molar-refractivity contribution < 1.29 is 9.32 Å². The van der Waals surface area contributed by atoms with Gasteiger partial charge in [-0.15, -0.1) is 0 Å². The zero-order valence-corrected chi connectivity index (χ0v) is 13.3. The number of carbonyl (C=O) groups excluding carboxylic acids is 1. The summed E-state index contributed by atoms with van der Waals surface area (Å²) in [4.78, 5) is 28.4. The van der Waals surface area contributed by atoms with Crippen LogP contribution >= 0.6 is 0 Å². The molecule has 0 spiro atoms. The van der Waals surface area contributed by atoms with Gasteiger partial charge in [-0.3, -0.25) is 4.79 Å². The molecule has 2 rings (SSSR count). The van der Waals surface area contributed by atoms with Gasteiger partial charge in [-0.1, -0.05) is 5.16 Å². The number of amides is 1. The van der Waals surface area contributed by atoms with E-state index in [2.05, 4.69) is 25.4 Å². The molecule has 0 saturated carbocycles. The largest absolute Gasteiger partial charge is 0.361 e. The van der Waals surface area contributed by atoms with Crippen molar-refractivity contribution in [2.24, 2.45) is 0 Å². The summed E-state index contributed by atoms with van der Waals surface area (Å²) in [5.41, 5.74) is 0.229. The third-order valence-electron chi connectivity index (χ3n) is 2.73. The quantitative estimate of drug-likeness (QED) is 0.838. The molecule has 2 aromatic heterocycles. The van der Waals surface area contributed by atoms with Crippen molar-refractivity contribution in [2.75, 3.05) is 38.0 Å². The summed E-state index contributed by atoms with van der Waals surface area (Å²) in [6, 6.07) is 1.57. The molecule has 2 aromatic rings. The van der Waals surface area contributed by atoms with Crippen LogP contribution in [0.25, 0.3) is 0 Å². The van der Waals surface area contributed by atoms with E-state index in [1.165, 1.54) is 0 Å². The van der Waals surface area contributed by atoms with Crippen molar-refractivity contribution in [3.63, 3.8) is 0 Å². The second-order valence-electron chi connectivity index (χ2n) is 5.15. The first kappa shape index (κ1) is 15.7. The van der Waals surface area contributed by atoms with Gasteiger partial charge in [-0.05, 0) is 6.92 Å². The summed E-state index contributed by atoms with van der Waals surface area (Å²) in [6.45, 7) is 1.90. The molecular formula is C13H19N7O2. The Morgan fingerprint density at radius 2 is 1.73 bits per heavy atom. The van der Waals surface area contributed by atoms with Crippen molar-refractivity contribution in [2.45, 2.75) is 13.5 Å². The van der Waals surface area contributed by atoms with Crippen LogP contribution in [0, 0.1) is 6.92 Å². The lowest BCUT2D eigenvalue weighted by Crippen LogP contribution is -2.26. The first-order valence-electron chi connectivity index (χ1n) is 6.68. The maximum absolute atomic E-state index is 11.9. The highest BCUT2D eigenvalue weighted by Gasteiger charge is 2.13. The zero-order valence-electron chi connectivity index (χ0n) is 13.3. The summed E-state index contributed by atoms with van der Waals surface area (Å²) in [7, 11) is 7.37. The molecule has 9 heteroatoms. The van der Waals surface area contributed by atoms with Crippen molar-refractivity contribution >= 4 is 17.8 Å². The predicted octanol–water partition coefficient (Wildman–Crippen LogP) is 0.230. The number of aryl methyl sites for hydroxylation is 1. The van der Waals surface area contributed by atoms with Crippen LogP contribution in [0.5, 0.6) is 0 Å². The number of anilines is 2. The molecule has 118 valence electrons. The molecule has 0 aromatic carbocycles. The van der Waals surface area contributed by atoms with E-state index < -0.39 is 0 Å². The van der Waals surface area contributed by atoms with Gasteiger partial charge in [-0.2, -0.15) is 15.0 Å². The fourth-order valence-electron chi connectivity index (χ4n) is 1.60. The van der Waals surface area contributed by atoms with Crippen molar-refractivity contribution in [1.82, 2.24) is 25.4 Å². The number of nitrogens with one attached hydrogen (secondary N) is 1. The average Bonchev–Trinajstić information content (AvgIpc) is 2.91. The van der Waals surface area contributed by atoms with Crippen LogP contribution in [0.15, 0.2) is 10.6 Å². The molecule has 0 atom stereocenters. The van der Waals surface area contributed by atoms with Crippen LogP contribution in [0.2, 0.25) is 0 Å². The van der Waals surface area contributed by atoms with Gasteiger partial charge < -0.3 is 19.6 Å². The molecule has 0 aliphatic heterocycles. The molecule has 0 radical (unpaired) electrons. The molecule has 2 heterocycles. The fraction of sp³-hybridized carbons (Fsp3) is 0.462. The van der Waals surface area contributed by atoms with E-state index in [-0.39, 0.29) is 18.1 Å². The Labute approximate surface area is 128 Å². The maximum atomic E-state index is 11.9. The smallest absolute Gasteiger partial charge is 0.273 e. The van der Waals surface area contributed by atoms with E-state index >= 15 is 0 Å². The maximum Gasteiger partial charge on any atom is 0.273 e. The van der Waals surface area contributed by atoms with Crippen molar-refractivity contribution in [3.8, 4) is 0 Å². The van der Waals surface area contributed by atoms with Crippen LogP contribution in [0.4, 0.5) is 11.9 Å². The van der Waals surface area contributed by atoms with E-state index in [1.807, 2.05) is 28.2 Å². The SMILES string of the molecule is Cc1cc(C(=O)NCc2nc(N(C)C)nc(N(C)C)n2)no1. The van der Waals surface area contributed by atoms with E-state index in [0.717, 1.165) is 0 Å². The van der Waals surface area contributed by atoms with Gasteiger partial charge in [0.1, 0.15) is 5.76 Å². The third kappa shape index (κ3) is 3.68. The standard InChI is InChI=1S/C13H19N7O2/c1-8-6-9(18-22-8)11(21)14-7-10-15-12(19(2)3)17-13(16-10)20(4)5/h6H,7H2,1-5H3,(H,14,21). The molecule has 0 saturated heterocycles. The number of aromatic nitrogens is 4. The number of nitrogens with zero attached hydrogens (tertiary/aromatic N) is 6. The summed E-state index contributed by atoms with van der Waals surface area (Å²) in [5, 5.41) is 6.37. The highest BCUT2D eigenvalue weighted by molar-refractivity contribution is 5.92. The van der Waals surface area contributed by atoms with E-state index in [4.69, 9.17) is 4.52 Å². The molecule has 0 fully saturated rings. The normalized spacial score (nSPS) is 10.4. The Bertz CT molecular complexity index is 640. The number of hydrogen-bond donors (Lipinski definition) is 1. The van der Waals surface area contributed by atoms with Crippen LogP contribution in [-0.2, 0) is 6.54 Å². The summed E-state index contributed by atoms with van der Waals surface area (Å²) < 4.78 is 4.87. The Hall–Kier alpha value is -2.71. The Balaban J connectivity index is 2.13. The monoisotopic (exact) mass is 305 g/mol. The third-order valence-corrected chi connectivity index (χ3v) is 2.73. The van der Waals surface area contributed by atoms with Crippen LogP contribution in [0.3, 0.4) is 0 Å². The highest BCUT2D eigenvalue weighted by atomic mass is 16.5. The molecule has 1 amide bonds. The van der Waals surface area contributed by atoms with Gasteiger partial charge in [0.15, 0.2) is 11.5 Å². The lowest BCUT2D eigenvalue weighted by atomic mass is 10.3. The minimum absolute atomic E-state index is 0.176. The van der Waals surface area contributed by atoms with Gasteiger partial charge in [0, 0.05) is 34.3 Å². The molecular weight excluding hydrogens is 286 g/mol. The first-order valence-corrected chi connectivity index (χ1v) is 6.68. The van der Waals surface area contributed by atoms with Crippen LogP contribution < -0.4 is 15.1 Å². The lowest BCUT2D eigenvalue weighted by Gasteiger charge is -2.16. The predicted molar refractivity (Wildman–Crippen MR) is 80.9 cm³/mol. The lowest BCUT2D eigenvalue weighted by molar-refractivity contribution is 0.0940. The zero-order chi connectivity index (χ0) is 16.3. The van der Waals surface area contributed by atoms with Crippen LogP contribution in [0.1, 0.15) is 22.1 Å². The second-order valence-corrected chi connectivity index (χ2v) is 5.15. The number of rotatable bonds is 5. The van der Waals surface area contributed by atoms with Gasteiger partial charge in [0.05, 0.1) is 6.54 Å². The van der Waals surface area contributed by atoms with E-state index in [9.17, 15) is 4.79 Å². The molecule has 22 heavy (non-hydrogen) atoms.